The summed E-state index contributed by atoms with van der Waals surface area (Å²) in [5, 5.41) is 0. The predicted octanol–water partition coefficient (Wildman–Crippen LogP) is 2.50. The number of amides is 1. The maximum absolute atomic E-state index is 12.6. The minimum Gasteiger partial charge on any atom is -0.356 e. The number of aryl methyl sites for hydroxylation is 1. The molecule has 7 heteroatoms. The van der Waals surface area contributed by atoms with Crippen molar-refractivity contribution in [2.24, 2.45) is 0 Å². The molecule has 142 valence electrons. The Morgan fingerprint density at radius 3 is 2.44 bits per heavy atom. The van der Waals surface area contributed by atoms with Gasteiger partial charge in [-0.05, 0) is 39.5 Å². The number of carbonyl (C=O) groups excluding carboxylic acids is 1. The Balaban J connectivity index is 1.47. The Kier molecular flexibility index (Phi) is 5.01. The topological polar surface area (TPSA) is 75.1 Å². The van der Waals surface area contributed by atoms with Gasteiger partial charge in [0.1, 0.15) is 17.3 Å². The Bertz CT molecular complexity index is 811. The van der Waals surface area contributed by atoms with Crippen LogP contribution in [0.15, 0.2) is 18.6 Å². The van der Waals surface area contributed by atoms with Gasteiger partial charge in [-0.15, -0.1) is 0 Å². The van der Waals surface area contributed by atoms with Crippen molar-refractivity contribution in [1.29, 1.82) is 0 Å². The Labute approximate surface area is 159 Å². The first-order chi connectivity index (χ1) is 13.1. The molecule has 0 radical (unpaired) electrons. The van der Waals surface area contributed by atoms with Crippen LogP contribution in [-0.2, 0) is 0 Å². The maximum atomic E-state index is 12.6. The number of aromatic nitrogens is 4. The molecule has 0 unspecified atom stereocenters. The molecular formula is C20H26N6O. The highest BCUT2D eigenvalue weighted by Gasteiger charge is 2.28. The van der Waals surface area contributed by atoms with Crippen LogP contribution in [-0.4, -0.2) is 56.9 Å². The number of hydrogen-bond acceptors (Lipinski definition) is 6. The van der Waals surface area contributed by atoms with Crippen LogP contribution in [0.1, 0.15) is 59.2 Å². The van der Waals surface area contributed by atoms with Gasteiger partial charge in [0, 0.05) is 55.7 Å². The van der Waals surface area contributed by atoms with E-state index in [1.165, 1.54) is 24.6 Å². The van der Waals surface area contributed by atoms with Gasteiger partial charge in [-0.3, -0.25) is 9.78 Å². The minimum atomic E-state index is -0.0414. The molecule has 2 saturated heterocycles. The lowest BCUT2D eigenvalue weighted by atomic mass is 9.95. The second-order valence-electron chi connectivity index (χ2n) is 7.47. The van der Waals surface area contributed by atoms with Gasteiger partial charge >= 0.3 is 0 Å². The molecule has 0 N–H and O–H groups in total. The molecular weight excluding hydrogens is 340 g/mol. The largest absolute Gasteiger partial charge is 0.356 e. The predicted molar refractivity (Wildman–Crippen MR) is 103 cm³/mol. The van der Waals surface area contributed by atoms with Crippen LogP contribution >= 0.6 is 0 Å². The number of likely N-dealkylation sites (tertiary alicyclic amines) is 1. The van der Waals surface area contributed by atoms with E-state index in [9.17, 15) is 4.79 Å². The number of anilines is 1. The van der Waals surface area contributed by atoms with Crippen molar-refractivity contribution in [2.75, 3.05) is 31.1 Å². The Morgan fingerprint density at radius 2 is 1.78 bits per heavy atom. The van der Waals surface area contributed by atoms with Crippen molar-refractivity contribution >= 4 is 11.7 Å². The fourth-order valence-electron chi connectivity index (χ4n) is 3.97. The molecule has 1 amide bonds. The molecule has 0 spiro atoms. The van der Waals surface area contributed by atoms with Gasteiger partial charge < -0.3 is 9.80 Å². The standard InChI is InChI=1S/C20H26N6O/c1-14-15(2)23-18(24-19(14)25-9-3-4-10-25)16-5-11-26(12-6-16)20(27)17-13-21-7-8-22-17/h7-8,13,16H,3-6,9-12H2,1-2H3. The number of rotatable bonds is 3. The van der Waals surface area contributed by atoms with Gasteiger partial charge in [0.15, 0.2) is 0 Å². The van der Waals surface area contributed by atoms with E-state index < -0.39 is 0 Å². The second kappa shape index (κ2) is 7.58. The van der Waals surface area contributed by atoms with E-state index >= 15 is 0 Å². The van der Waals surface area contributed by atoms with Crippen LogP contribution in [0.25, 0.3) is 0 Å². The fourth-order valence-corrected chi connectivity index (χ4v) is 3.97. The molecule has 0 bridgehead atoms. The van der Waals surface area contributed by atoms with Crippen molar-refractivity contribution < 1.29 is 4.79 Å². The first-order valence-corrected chi connectivity index (χ1v) is 9.79. The average molecular weight is 366 g/mol. The zero-order chi connectivity index (χ0) is 18.8. The molecule has 27 heavy (non-hydrogen) atoms. The summed E-state index contributed by atoms with van der Waals surface area (Å²) in [6, 6.07) is 0. The van der Waals surface area contributed by atoms with Crippen molar-refractivity contribution in [3.05, 3.63) is 41.4 Å². The number of nitrogens with zero attached hydrogens (tertiary/aromatic N) is 6. The molecule has 2 fully saturated rings. The first-order valence-electron chi connectivity index (χ1n) is 9.79. The number of carbonyl (C=O) groups is 1. The van der Waals surface area contributed by atoms with Crippen LogP contribution in [0.5, 0.6) is 0 Å². The SMILES string of the molecule is Cc1nc(C2CCN(C(=O)c3cnccn3)CC2)nc(N2CCCC2)c1C. The van der Waals surface area contributed by atoms with Gasteiger partial charge in [0.25, 0.3) is 5.91 Å². The van der Waals surface area contributed by atoms with E-state index in [2.05, 4.69) is 28.7 Å². The molecule has 2 aromatic heterocycles. The molecule has 0 aliphatic carbocycles. The van der Waals surface area contributed by atoms with Gasteiger partial charge in [-0.2, -0.15) is 0 Å². The van der Waals surface area contributed by atoms with Crippen LogP contribution in [0.3, 0.4) is 0 Å². The molecule has 4 rings (SSSR count). The minimum absolute atomic E-state index is 0.0414. The van der Waals surface area contributed by atoms with Crippen LogP contribution in [0.2, 0.25) is 0 Å². The molecule has 2 aliphatic rings. The lowest BCUT2D eigenvalue weighted by Crippen LogP contribution is -2.38. The molecule has 2 aromatic rings. The average Bonchev–Trinajstić information content (AvgIpc) is 3.25. The van der Waals surface area contributed by atoms with Crippen molar-refractivity contribution in [3.63, 3.8) is 0 Å². The second-order valence-corrected chi connectivity index (χ2v) is 7.47. The summed E-state index contributed by atoms with van der Waals surface area (Å²) < 4.78 is 0. The van der Waals surface area contributed by atoms with E-state index in [0.717, 1.165) is 43.3 Å². The summed E-state index contributed by atoms with van der Waals surface area (Å²) in [5.74, 6) is 2.30. The summed E-state index contributed by atoms with van der Waals surface area (Å²) in [5.41, 5.74) is 2.67. The lowest BCUT2D eigenvalue weighted by Gasteiger charge is -2.31. The normalized spacial score (nSPS) is 18.1. The van der Waals surface area contributed by atoms with Gasteiger partial charge in [-0.1, -0.05) is 0 Å². The van der Waals surface area contributed by atoms with Gasteiger partial charge in [-0.25, -0.2) is 15.0 Å². The van der Waals surface area contributed by atoms with Crippen LogP contribution in [0.4, 0.5) is 5.82 Å². The van der Waals surface area contributed by atoms with Crippen LogP contribution in [0, 0.1) is 13.8 Å². The molecule has 0 atom stereocenters. The van der Waals surface area contributed by atoms with E-state index in [0.29, 0.717) is 24.7 Å². The van der Waals surface area contributed by atoms with Gasteiger partial charge in [0.05, 0.1) is 6.20 Å². The molecule has 2 aliphatic heterocycles. The third-order valence-corrected chi connectivity index (χ3v) is 5.72. The summed E-state index contributed by atoms with van der Waals surface area (Å²) in [7, 11) is 0. The zero-order valence-electron chi connectivity index (χ0n) is 16.1. The van der Waals surface area contributed by atoms with E-state index in [4.69, 9.17) is 9.97 Å². The Morgan fingerprint density at radius 1 is 1.04 bits per heavy atom. The number of piperidine rings is 1. The van der Waals surface area contributed by atoms with Gasteiger partial charge in [0.2, 0.25) is 0 Å². The summed E-state index contributed by atoms with van der Waals surface area (Å²) in [6.45, 7) is 7.77. The maximum Gasteiger partial charge on any atom is 0.274 e. The Hall–Kier alpha value is -2.57. The van der Waals surface area contributed by atoms with Crippen molar-refractivity contribution in [1.82, 2.24) is 24.8 Å². The number of hydrogen-bond donors (Lipinski definition) is 0. The monoisotopic (exact) mass is 366 g/mol. The van der Waals surface area contributed by atoms with Crippen molar-refractivity contribution in [3.8, 4) is 0 Å². The highest BCUT2D eigenvalue weighted by atomic mass is 16.2. The smallest absolute Gasteiger partial charge is 0.274 e. The molecule has 4 heterocycles. The zero-order valence-corrected chi connectivity index (χ0v) is 16.1. The highest BCUT2D eigenvalue weighted by Crippen LogP contribution is 2.30. The van der Waals surface area contributed by atoms with Crippen LogP contribution < -0.4 is 4.90 Å². The summed E-state index contributed by atoms with van der Waals surface area (Å²) >= 11 is 0. The van der Waals surface area contributed by atoms with E-state index in [1.54, 1.807) is 12.4 Å². The third kappa shape index (κ3) is 3.63. The quantitative estimate of drug-likeness (QED) is 0.831. The molecule has 7 nitrogen and oxygen atoms in total. The molecule has 0 aromatic carbocycles. The lowest BCUT2D eigenvalue weighted by molar-refractivity contribution is 0.0704. The third-order valence-electron chi connectivity index (χ3n) is 5.72. The van der Waals surface area contributed by atoms with E-state index in [1.807, 2.05) is 4.90 Å². The van der Waals surface area contributed by atoms with E-state index in [-0.39, 0.29) is 5.91 Å². The first kappa shape index (κ1) is 17.8. The van der Waals surface area contributed by atoms with Crippen molar-refractivity contribution in [2.45, 2.75) is 45.4 Å². The fraction of sp³-hybridized carbons (Fsp3) is 0.550. The molecule has 0 saturated carbocycles. The highest BCUT2D eigenvalue weighted by molar-refractivity contribution is 5.92. The summed E-state index contributed by atoms with van der Waals surface area (Å²) in [6.07, 6.45) is 8.91. The summed E-state index contributed by atoms with van der Waals surface area (Å²) in [4.78, 5) is 34.7.